The van der Waals surface area contributed by atoms with Gasteiger partial charge in [0.1, 0.15) is 5.78 Å². The molecule has 2 fully saturated rings. The van der Waals surface area contributed by atoms with Crippen LogP contribution < -0.4 is 0 Å². The molecule has 3 rings (SSSR count). The van der Waals surface area contributed by atoms with Gasteiger partial charge >= 0.3 is 0 Å². The van der Waals surface area contributed by atoms with Gasteiger partial charge in [-0.05, 0) is 23.8 Å². The maximum atomic E-state index is 11.5. The quantitative estimate of drug-likeness (QED) is 0.776. The highest BCUT2D eigenvalue weighted by atomic mass is 16.1. The summed E-state index contributed by atoms with van der Waals surface area (Å²) in [4.78, 5) is 14.1. The third kappa shape index (κ3) is 2.58. The molecule has 1 aliphatic carbocycles. The molecule has 17 heavy (non-hydrogen) atoms. The molecule has 0 spiro atoms. The van der Waals surface area contributed by atoms with Crippen LogP contribution in [0.15, 0.2) is 30.3 Å². The Balaban J connectivity index is 1.65. The third-order valence-electron chi connectivity index (χ3n) is 3.98. The summed E-state index contributed by atoms with van der Waals surface area (Å²) in [6.45, 7) is 3.26. The van der Waals surface area contributed by atoms with Crippen molar-refractivity contribution in [1.29, 1.82) is 0 Å². The number of ketones is 1. The summed E-state index contributed by atoms with van der Waals surface area (Å²) in [5, 5.41) is 0. The summed E-state index contributed by atoms with van der Waals surface area (Å²) < 4.78 is 0. The number of piperidine rings is 1. The molecule has 0 radical (unpaired) electrons. The highest BCUT2D eigenvalue weighted by molar-refractivity contribution is 5.79. The van der Waals surface area contributed by atoms with Gasteiger partial charge in [0.25, 0.3) is 0 Å². The van der Waals surface area contributed by atoms with E-state index in [0.29, 0.717) is 17.6 Å². The molecule has 2 heteroatoms. The molecule has 1 aromatic carbocycles. The fraction of sp³-hybridized carbons (Fsp3) is 0.533. The molecule has 2 aliphatic rings. The molecule has 2 bridgehead atoms. The smallest absolute Gasteiger partial charge is 0.133 e. The van der Waals surface area contributed by atoms with Crippen LogP contribution in [0, 0.1) is 11.8 Å². The van der Waals surface area contributed by atoms with E-state index in [0.717, 1.165) is 32.5 Å². The zero-order valence-electron chi connectivity index (χ0n) is 10.1. The molecule has 0 N–H and O–H groups in total. The van der Waals surface area contributed by atoms with Crippen LogP contribution in [-0.4, -0.2) is 23.8 Å². The monoisotopic (exact) mass is 229 g/mol. The Kier molecular flexibility index (Phi) is 2.98. The van der Waals surface area contributed by atoms with E-state index < -0.39 is 0 Å². The molecule has 2 nitrogen and oxygen atoms in total. The minimum Gasteiger partial charge on any atom is -0.300 e. The van der Waals surface area contributed by atoms with Gasteiger partial charge in [-0.2, -0.15) is 0 Å². The first kappa shape index (κ1) is 11.0. The first-order chi connectivity index (χ1) is 8.29. The first-order valence-electron chi connectivity index (χ1n) is 6.57. The highest BCUT2D eigenvalue weighted by Gasteiger charge is 2.33. The highest BCUT2D eigenvalue weighted by Crippen LogP contribution is 2.33. The lowest BCUT2D eigenvalue weighted by atomic mass is 9.77. The molecular formula is C15H19NO. The Morgan fingerprint density at radius 1 is 1.06 bits per heavy atom. The van der Waals surface area contributed by atoms with E-state index in [1.165, 1.54) is 12.0 Å². The van der Waals surface area contributed by atoms with Crippen molar-refractivity contribution in [3.05, 3.63) is 35.9 Å². The lowest BCUT2D eigenvalue weighted by Gasteiger charge is -2.40. The van der Waals surface area contributed by atoms with Gasteiger partial charge in [-0.15, -0.1) is 0 Å². The summed E-state index contributed by atoms with van der Waals surface area (Å²) in [5.74, 6) is 1.74. The molecule has 1 heterocycles. The standard InChI is InChI=1S/C15H19NO/c17-15-7-13-6-14(8-15)11-16(10-13)9-12-4-2-1-3-5-12/h1-5,13-14H,6-11H2. The van der Waals surface area contributed by atoms with Crippen LogP contribution in [0.25, 0.3) is 0 Å². The minimum absolute atomic E-state index is 0.491. The van der Waals surface area contributed by atoms with Crippen molar-refractivity contribution in [1.82, 2.24) is 4.90 Å². The molecule has 0 amide bonds. The fourth-order valence-electron chi connectivity index (χ4n) is 3.42. The average Bonchev–Trinajstić information content (AvgIpc) is 2.28. The molecular weight excluding hydrogens is 210 g/mol. The number of nitrogens with zero attached hydrogens (tertiary/aromatic N) is 1. The predicted molar refractivity (Wildman–Crippen MR) is 67.6 cm³/mol. The van der Waals surface area contributed by atoms with E-state index >= 15 is 0 Å². The van der Waals surface area contributed by atoms with E-state index in [1.54, 1.807) is 0 Å². The largest absolute Gasteiger partial charge is 0.300 e. The second kappa shape index (κ2) is 4.61. The number of rotatable bonds is 2. The number of Topliss-reactive ketones (excluding diaryl/α,β-unsaturated/α-hetero) is 1. The molecule has 2 atom stereocenters. The lowest BCUT2D eigenvalue weighted by Crippen LogP contribution is -2.44. The van der Waals surface area contributed by atoms with E-state index in [2.05, 4.69) is 35.2 Å². The van der Waals surface area contributed by atoms with Gasteiger partial charge in [-0.1, -0.05) is 30.3 Å². The third-order valence-corrected chi connectivity index (χ3v) is 3.98. The Labute approximate surface area is 103 Å². The van der Waals surface area contributed by atoms with Crippen LogP contribution in [0.4, 0.5) is 0 Å². The van der Waals surface area contributed by atoms with Crippen molar-refractivity contribution in [3.8, 4) is 0 Å². The molecule has 0 aromatic heterocycles. The van der Waals surface area contributed by atoms with Crippen LogP contribution in [0.1, 0.15) is 24.8 Å². The van der Waals surface area contributed by atoms with Crippen LogP contribution in [0.3, 0.4) is 0 Å². The maximum absolute atomic E-state index is 11.5. The molecule has 2 unspecified atom stereocenters. The van der Waals surface area contributed by atoms with Crippen LogP contribution in [0.2, 0.25) is 0 Å². The van der Waals surface area contributed by atoms with Gasteiger partial charge in [-0.3, -0.25) is 9.69 Å². The van der Waals surface area contributed by atoms with Gasteiger partial charge < -0.3 is 0 Å². The van der Waals surface area contributed by atoms with E-state index in [9.17, 15) is 4.79 Å². The zero-order valence-corrected chi connectivity index (χ0v) is 10.1. The molecule has 1 saturated heterocycles. The van der Waals surface area contributed by atoms with Gasteiger partial charge in [0.05, 0.1) is 0 Å². The Bertz CT molecular complexity index is 385. The number of carbonyl (C=O) groups excluding carboxylic acids is 1. The summed E-state index contributed by atoms with van der Waals surface area (Å²) in [5.41, 5.74) is 1.39. The van der Waals surface area contributed by atoms with Crippen LogP contribution in [-0.2, 0) is 11.3 Å². The summed E-state index contributed by atoms with van der Waals surface area (Å²) in [7, 11) is 0. The Hall–Kier alpha value is -1.15. The summed E-state index contributed by atoms with van der Waals surface area (Å²) >= 11 is 0. The molecule has 1 saturated carbocycles. The van der Waals surface area contributed by atoms with Crippen molar-refractivity contribution in [2.24, 2.45) is 11.8 Å². The molecule has 1 aromatic rings. The van der Waals surface area contributed by atoms with E-state index in [1.807, 2.05) is 0 Å². The van der Waals surface area contributed by atoms with Gasteiger partial charge in [0.2, 0.25) is 0 Å². The normalized spacial score (nSPS) is 29.3. The number of likely N-dealkylation sites (tertiary alicyclic amines) is 1. The van der Waals surface area contributed by atoms with Gasteiger partial charge in [0.15, 0.2) is 0 Å². The average molecular weight is 229 g/mol. The second-order valence-corrected chi connectivity index (χ2v) is 5.59. The summed E-state index contributed by atoms with van der Waals surface area (Å²) in [6, 6.07) is 10.6. The Morgan fingerprint density at radius 2 is 1.71 bits per heavy atom. The van der Waals surface area contributed by atoms with Gasteiger partial charge in [0, 0.05) is 32.5 Å². The van der Waals surface area contributed by atoms with Crippen molar-refractivity contribution >= 4 is 5.78 Å². The molecule has 90 valence electrons. The SMILES string of the molecule is O=C1CC2CC(C1)CN(Cc1ccccc1)C2. The van der Waals surface area contributed by atoms with Crippen molar-refractivity contribution in [3.63, 3.8) is 0 Å². The lowest BCUT2D eigenvalue weighted by molar-refractivity contribution is -0.125. The summed E-state index contributed by atoms with van der Waals surface area (Å²) in [6.07, 6.45) is 2.92. The van der Waals surface area contributed by atoms with Crippen LogP contribution in [0.5, 0.6) is 0 Å². The van der Waals surface area contributed by atoms with E-state index in [4.69, 9.17) is 0 Å². The van der Waals surface area contributed by atoms with Gasteiger partial charge in [-0.25, -0.2) is 0 Å². The number of hydrogen-bond donors (Lipinski definition) is 0. The van der Waals surface area contributed by atoms with Crippen molar-refractivity contribution in [2.75, 3.05) is 13.1 Å². The minimum atomic E-state index is 0.491. The Morgan fingerprint density at radius 3 is 2.35 bits per heavy atom. The van der Waals surface area contributed by atoms with Crippen molar-refractivity contribution < 1.29 is 4.79 Å². The van der Waals surface area contributed by atoms with Crippen LogP contribution >= 0.6 is 0 Å². The topological polar surface area (TPSA) is 20.3 Å². The maximum Gasteiger partial charge on any atom is 0.133 e. The first-order valence-corrected chi connectivity index (χ1v) is 6.57. The number of hydrogen-bond acceptors (Lipinski definition) is 2. The predicted octanol–water partition coefficient (Wildman–Crippen LogP) is 2.49. The number of benzene rings is 1. The number of carbonyl (C=O) groups is 1. The fourth-order valence-corrected chi connectivity index (χ4v) is 3.42. The van der Waals surface area contributed by atoms with Crippen molar-refractivity contribution in [2.45, 2.75) is 25.8 Å². The second-order valence-electron chi connectivity index (χ2n) is 5.59. The number of fused-ring (bicyclic) bond motifs is 2. The molecule has 1 aliphatic heterocycles. The zero-order chi connectivity index (χ0) is 11.7. The van der Waals surface area contributed by atoms with E-state index in [-0.39, 0.29) is 0 Å².